The molecule has 0 saturated carbocycles. The Labute approximate surface area is 130 Å². The average Bonchev–Trinajstić information content (AvgIpc) is 3.00. The third-order valence-electron chi connectivity index (χ3n) is 3.39. The van der Waals surface area contributed by atoms with Crippen molar-refractivity contribution in [1.82, 2.24) is 19.9 Å². The number of hydrogen-bond acceptors (Lipinski definition) is 7. The number of carbonyl (C=O) groups excluding carboxylic acids is 1. The van der Waals surface area contributed by atoms with Crippen molar-refractivity contribution in [3.05, 3.63) is 35.3 Å². The summed E-state index contributed by atoms with van der Waals surface area (Å²) in [6.07, 6.45) is 3.60. The molecule has 3 heterocycles. The van der Waals surface area contributed by atoms with E-state index in [0.29, 0.717) is 11.6 Å². The van der Waals surface area contributed by atoms with E-state index in [1.54, 1.807) is 6.92 Å². The van der Waals surface area contributed by atoms with Crippen molar-refractivity contribution >= 4 is 17.5 Å². The normalized spacial score (nSPS) is 20.6. The van der Waals surface area contributed by atoms with Crippen LogP contribution in [0.4, 0.5) is 0 Å². The van der Waals surface area contributed by atoms with E-state index >= 15 is 0 Å². The van der Waals surface area contributed by atoms with Crippen molar-refractivity contribution in [2.45, 2.75) is 25.7 Å². The first-order valence-electron chi connectivity index (χ1n) is 6.58. The summed E-state index contributed by atoms with van der Waals surface area (Å²) in [5.74, 6) is -0.0498. The van der Waals surface area contributed by atoms with Crippen molar-refractivity contribution in [3.8, 4) is 6.01 Å². The summed E-state index contributed by atoms with van der Waals surface area (Å²) >= 11 is 5.67. The second-order valence-corrected chi connectivity index (χ2v) is 5.30. The molecule has 1 saturated heterocycles. The zero-order valence-corrected chi connectivity index (χ0v) is 12.4. The molecule has 1 amide bonds. The van der Waals surface area contributed by atoms with E-state index in [2.05, 4.69) is 15.0 Å². The highest BCUT2D eigenvalue weighted by atomic mass is 35.5. The minimum absolute atomic E-state index is 0.00685. The van der Waals surface area contributed by atoms with Gasteiger partial charge in [0.15, 0.2) is 12.3 Å². The fourth-order valence-corrected chi connectivity index (χ4v) is 2.08. The van der Waals surface area contributed by atoms with Gasteiger partial charge in [0.25, 0.3) is 5.91 Å². The van der Waals surface area contributed by atoms with Crippen molar-refractivity contribution in [1.29, 1.82) is 0 Å². The zero-order chi connectivity index (χ0) is 15.7. The molecule has 3 rings (SSSR count). The molecular weight excluding hydrogens is 312 g/mol. The van der Waals surface area contributed by atoms with Gasteiger partial charge < -0.3 is 19.2 Å². The quantitative estimate of drug-likeness (QED) is 0.891. The molecule has 1 aliphatic heterocycles. The third-order valence-corrected chi connectivity index (χ3v) is 3.58. The Morgan fingerprint density at radius 1 is 1.55 bits per heavy atom. The van der Waals surface area contributed by atoms with Crippen molar-refractivity contribution in [2.24, 2.45) is 0 Å². The number of oxazole rings is 1. The maximum absolute atomic E-state index is 12.1. The zero-order valence-electron chi connectivity index (χ0n) is 11.6. The van der Waals surface area contributed by atoms with Crippen LogP contribution < -0.4 is 4.74 Å². The molecule has 0 spiro atoms. The number of halogens is 1. The van der Waals surface area contributed by atoms with Crippen LogP contribution in [-0.2, 0) is 6.61 Å². The summed E-state index contributed by atoms with van der Waals surface area (Å²) in [5.41, 5.74) is 0.175. The summed E-state index contributed by atoms with van der Waals surface area (Å²) in [6.45, 7) is 2.07. The number of hydrogen-bond donors (Lipinski definition) is 1. The van der Waals surface area contributed by atoms with Crippen LogP contribution in [0.1, 0.15) is 23.3 Å². The minimum atomic E-state index is -0.485. The Morgan fingerprint density at radius 3 is 2.91 bits per heavy atom. The lowest BCUT2D eigenvalue weighted by Crippen LogP contribution is -2.60. The molecule has 0 aromatic carbocycles. The summed E-state index contributed by atoms with van der Waals surface area (Å²) in [7, 11) is 0. The number of ether oxygens (including phenoxy) is 1. The lowest BCUT2D eigenvalue weighted by Gasteiger charge is -2.42. The SMILES string of the molecule is C[C@H]1[C@@H](O)CN1C(=O)c1coc(COc2ncc(Cl)cn2)n1. The minimum Gasteiger partial charge on any atom is -0.453 e. The van der Waals surface area contributed by atoms with Crippen LogP contribution >= 0.6 is 11.6 Å². The van der Waals surface area contributed by atoms with Gasteiger partial charge in [-0.05, 0) is 6.92 Å². The molecule has 0 aliphatic carbocycles. The number of aromatic nitrogens is 3. The summed E-state index contributed by atoms with van der Waals surface area (Å²) < 4.78 is 10.5. The van der Waals surface area contributed by atoms with Gasteiger partial charge >= 0.3 is 6.01 Å². The van der Waals surface area contributed by atoms with Gasteiger partial charge in [0.05, 0.1) is 29.6 Å². The van der Waals surface area contributed by atoms with Crippen molar-refractivity contribution < 1.29 is 19.1 Å². The Bertz CT molecular complexity index is 675. The van der Waals surface area contributed by atoms with E-state index in [9.17, 15) is 9.90 Å². The molecule has 22 heavy (non-hydrogen) atoms. The maximum Gasteiger partial charge on any atom is 0.316 e. The van der Waals surface area contributed by atoms with Gasteiger partial charge in [-0.1, -0.05) is 11.6 Å². The molecule has 0 bridgehead atoms. The molecule has 1 aliphatic rings. The lowest BCUT2D eigenvalue weighted by molar-refractivity contribution is -0.0360. The Hall–Kier alpha value is -2.19. The number of nitrogens with zero attached hydrogens (tertiary/aromatic N) is 4. The van der Waals surface area contributed by atoms with Crippen LogP contribution in [0, 0.1) is 0 Å². The van der Waals surface area contributed by atoms with Gasteiger partial charge in [-0.2, -0.15) is 0 Å². The number of β-amino-alcohol motifs (C(OH)–C–C–N with tert-alkyl or cyclic N) is 1. The average molecular weight is 325 g/mol. The van der Waals surface area contributed by atoms with Crippen LogP contribution in [-0.4, -0.2) is 49.6 Å². The molecule has 9 heteroatoms. The molecular formula is C13H13ClN4O4. The molecule has 0 unspecified atom stereocenters. The first-order chi connectivity index (χ1) is 10.5. The maximum atomic E-state index is 12.1. The van der Waals surface area contributed by atoms with Gasteiger partial charge in [0.1, 0.15) is 6.26 Å². The third kappa shape index (κ3) is 2.88. The Kier molecular flexibility index (Phi) is 3.95. The van der Waals surface area contributed by atoms with Crippen LogP contribution in [0.15, 0.2) is 23.1 Å². The molecule has 116 valence electrons. The lowest BCUT2D eigenvalue weighted by atomic mass is 10.0. The largest absolute Gasteiger partial charge is 0.453 e. The molecule has 2 atom stereocenters. The van der Waals surface area contributed by atoms with Crippen molar-refractivity contribution in [3.63, 3.8) is 0 Å². The van der Waals surface area contributed by atoms with E-state index in [1.807, 2.05) is 0 Å². The number of rotatable bonds is 4. The Balaban J connectivity index is 1.59. The van der Waals surface area contributed by atoms with E-state index in [1.165, 1.54) is 23.6 Å². The molecule has 1 fully saturated rings. The first-order valence-corrected chi connectivity index (χ1v) is 6.96. The van der Waals surface area contributed by atoms with Gasteiger partial charge in [0, 0.05) is 6.54 Å². The van der Waals surface area contributed by atoms with Crippen LogP contribution in [0.25, 0.3) is 0 Å². The summed E-state index contributed by atoms with van der Waals surface area (Å²) in [6, 6.07) is -0.0821. The highest BCUT2D eigenvalue weighted by Gasteiger charge is 2.38. The standard InChI is InChI=1S/C13H13ClN4O4/c1-7-10(19)4-18(7)12(20)9-5-21-11(17-9)6-22-13-15-2-8(14)3-16-13/h2-3,5,7,10,19H,4,6H2,1H3/t7-,10-/m0/s1. The molecule has 0 radical (unpaired) electrons. The number of aliphatic hydroxyl groups excluding tert-OH is 1. The fraction of sp³-hybridized carbons (Fsp3) is 0.385. The van der Waals surface area contributed by atoms with Crippen LogP contribution in [0.5, 0.6) is 6.01 Å². The van der Waals surface area contributed by atoms with Crippen molar-refractivity contribution in [2.75, 3.05) is 6.54 Å². The topological polar surface area (TPSA) is 102 Å². The van der Waals surface area contributed by atoms with Crippen LogP contribution in [0.3, 0.4) is 0 Å². The van der Waals surface area contributed by atoms with Gasteiger partial charge in [-0.15, -0.1) is 0 Å². The van der Waals surface area contributed by atoms with E-state index in [0.717, 1.165) is 0 Å². The highest BCUT2D eigenvalue weighted by molar-refractivity contribution is 6.30. The van der Waals surface area contributed by atoms with Gasteiger partial charge in [-0.3, -0.25) is 4.79 Å². The monoisotopic (exact) mass is 324 g/mol. The predicted octanol–water partition coefficient (Wildman–Crippen LogP) is 0.902. The van der Waals surface area contributed by atoms with E-state index in [-0.39, 0.29) is 36.2 Å². The summed E-state index contributed by atoms with van der Waals surface area (Å²) in [4.78, 5) is 25.4. The van der Waals surface area contributed by atoms with E-state index < -0.39 is 6.10 Å². The second-order valence-electron chi connectivity index (χ2n) is 4.86. The number of aliphatic hydroxyl groups is 1. The predicted molar refractivity (Wildman–Crippen MR) is 74.4 cm³/mol. The molecule has 2 aromatic heterocycles. The number of likely N-dealkylation sites (tertiary alicyclic amines) is 1. The molecule has 1 N–H and O–H groups in total. The molecule has 8 nitrogen and oxygen atoms in total. The van der Waals surface area contributed by atoms with Gasteiger partial charge in [-0.25, -0.2) is 15.0 Å². The molecule has 2 aromatic rings. The van der Waals surface area contributed by atoms with Gasteiger partial charge in [0.2, 0.25) is 5.89 Å². The summed E-state index contributed by atoms with van der Waals surface area (Å²) in [5, 5.41) is 9.84. The second kappa shape index (κ2) is 5.90. The smallest absolute Gasteiger partial charge is 0.316 e. The van der Waals surface area contributed by atoms with E-state index in [4.69, 9.17) is 20.8 Å². The highest BCUT2D eigenvalue weighted by Crippen LogP contribution is 2.20. The number of carbonyl (C=O) groups is 1. The van der Waals surface area contributed by atoms with Crippen LogP contribution in [0.2, 0.25) is 5.02 Å². The Morgan fingerprint density at radius 2 is 2.27 bits per heavy atom. The number of amides is 1. The first kappa shape index (κ1) is 14.7. The fourth-order valence-electron chi connectivity index (χ4n) is 1.98.